The van der Waals surface area contributed by atoms with Crippen molar-refractivity contribution in [3.8, 4) is 0 Å². The van der Waals surface area contributed by atoms with Crippen LogP contribution in [0, 0.1) is 0 Å². The molecule has 1 aliphatic rings. The van der Waals surface area contributed by atoms with E-state index in [9.17, 15) is 5.11 Å². The molecule has 4 nitrogen and oxygen atoms in total. The van der Waals surface area contributed by atoms with Crippen LogP contribution >= 0.6 is 0 Å². The van der Waals surface area contributed by atoms with Gasteiger partial charge in [-0.2, -0.15) is 0 Å². The van der Waals surface area contributed by atoms with Crippen molar-refractivity contribution >= 4 is 5.82 Å². The molecule has 18 heavy (non-hydrogen) atoms. The number of nitrogens with one attached hydrogen (secondary N) is 1. The maximum absolute atomic E-state index is 10.3. The molecule has 1 heterocycles. The van der Waals surface area contributed by atoms with E-state index in [4.69, 9.17) is 0 Å². The molecular weight excluding hydrogens is 226 g/mol. The Bertz CT molecular complexity index is 361. The zero-order valence-corrected chi connectivity index (χ0v) is 11.3. The lowest BCUT2D eigenvalue weighted by Gasteiger charge is -2.39. The van der Waals surface area contributed by atoms with Crippen LogP contribution in [0.5, 0.6) is 0 Å². The van der Waals surface area contributed by atoms with Gasteiger partial charge in [0.25, 0.3) is 0 Å². The van der Waals surface area contributed by atoms with Crippen LogP contribution in [0.2, 0.25) is 0 Å². The Kier molecular flexibility index (Phi) is 4.19. The van der Waals surface area contributed by atoms with Gasteiger partial charge >= 0.3 is 0 Å². The molecule has 1 aromatic rings. The average molecular weight is 249 g/mol. The third kappa shape index (κ3) is 3.00. The van der Waals surface area contributed by atoms with Crippen LogP contribution in [0.3, 0.4) is 0 Å². The second-order valence-corrected chi connectivity index (χ2v) is 5.28. The number of likely N-dealkylation sites (N-methyl/N-ethyl adjacent to an activating group) is 1. The molecule has 2 rings (SSSR count). The van der Waals surface area contributed by atoms with Crippen molar-refractivity contribution in [2.75, 3.05) is 25.5 Å². The van der Waals surface area contributed by atoms with Gasteiger partial charge in [-0.15, -0.1) is 0 Å². The van der Waals surface area contributed by atoms with Crippen molar-refractivity contribution in [3.63, 3.8) is 0 Å². The standard InChI is InChI=1S/C14H23N3O/c1-15-11-14(18)8-6-12(7-9-14)17(2)13-5-3-4-10-16-13/h3-5,10,12,15,18H,6-9,11H2,1-2H3. The molecule has 0 bridgehead atoms. The average Bonchev–Trinajstić information content (AvgIpc) is 2.40. The zero-order valence-electron chi connectivity index (χ0n) is 11.3. The molecule has 4 heteroatoms. The zero-order chi connectivity index (χ0) is 13.0. The summed E-state index contributed by atoms with van der Waals surface area (Å²) in [6.07, 6.45) is 5.58. The molecule has 1 aliphatic carbocycles. The van der Waals surface area contributed by atoms with Crippen LogP contribution in [-0.2, 0) is 0 Å². The molecule has 1 fully saturated rings. The molecule has 0 atom stereocenters. The molecule has 0 spiro atoms. The second-order valence-electron chi connectivity index (χ2n) is 5.28. The van der Waals surface area contributed by atoms with Crippen molar-refractivity contribution in [2.45, 2.75) is 37.3 Å². The lowest BCUT2D eigenvalue weighted by atomic mass is 9.81. The summed E-state index contributed by atoms with van der Waals surface area (Å²) in [4.78, 5) is 6.61. The van der Waals surface area contributed by atoms with Gasteiger partial charge in [0, 0.05) is 25.8 Å². The highest BCUT2D eigenvalue weighted by molar-refractivity contribution is 5.38. The number of pyridine rings is 1. The van der Waals surface area contributed by atoms with Gasteiger partial charge < -0.3 is 15.3 Å². The Hall–Kier alpha value is -1.13. The van der Waals surface area contributed by atoms with E-state index in [2.05, 4.69) is 22.2 Å². The highest BCUT2D eigenvalue weighted by Gasteiger charge is 2.34. The van der Waals surface area contributed by atoms with Gasteiger partial charge in [-0.3, -0.25) is 0 Å². The summed E-state index contributed by atoms with van der Waals surface area (Å²) >= 11 is 0. The second kappa shape index (κ2) is 5.67. The van der Waals surface area contributed by atoms with Gasteiger partial charge in [0.05, 0.1) is 5.60 Å². The molecule has 1 saturated carbocycles. The lowest BCUT2D eigenvalue weighted by molar-refractivity contribution is 0.00194. The molecule has 2 N–H and O–H groups in total. The topological polar surface area (TPSA) is 48.4 Å². The molecule has 0 saturated heterocycles. The first-order valence-electron chi connectivity index (χ1n) is 6.65. The third-order valence-electron chi connectivity index (χ3n) is 3.95. The number of aromatic nitrogens is 1. The van der Waals surface area contributed by atoms with E-state index in [0.717, 1.165) is 31.5 Å². The van der Waals surface area contributed by atoms with Crippen LogP contribution in [-0.4, -0.2) is 42.4 Å². The summed E-state index contributed by atoms with van der Waals surface area (Å²) in [6, 6.07) is 6.47. The Morgan fingerprint density at radius 2 is 2.17 bits per heavy atom. The Labute approximate surface area is 109 Å². The number of hydrogen-bond acceptors (Lipinski definition) is 4. The van der Waals surface area contributed by atoms with Gasteiger partial charge in [-0.05, 0) is 44.9 Å². The van der Waals surface area contributed by atoms with Crippen LogP contribution < -0.4 is 10.2 Å². The fourth-order valence-corrected chi connectivity index (χ4v) is 2.78. The smallest absolute Gasteiger partial charge is 0.128 e. The number of nitrogens with zero attached hydrogens (tertiary/aromatic N) is 2. The van der Waals surface area contributed by atoms with Crippen LogP contribution in [0.15, 0.2) is 24.4 Å². The Morgan fingerprint density at radius 3 is 2.72 bits per heavy atom. The summed E-state index contributed by atoms with van der Waals surface area (Å²) < 4.78 is 0. The SMILES string of the molecule is CNCC1(O)CCC(N(C)c2ccccn2)CC1. The number of hydrogen-bond donors (Lipinski definition) is 2. The van der Waals surface area contributed by atoms with Crippen LogP contribution in [0.25, 0.3) is 0 Å². The van der Waals surface area contributed by atoms with Crippen molar-refractivity contribution in [3.05, 3.63) is 24.4 Å². The van der Waals surface area contributed by atoms with Crippen molar-refractivity contribution in [2.24, 2.45) is 0 Å². The predicted molar refractivity (Wildman–Crippen MR) is 73.8 cm³/mol. The minimum Gasteiger partial charge on any atom is -0.389 e. The fourth-order valence-electron chi connectivity index (χ4n) is 2.78. The summed E-state index contributed by atoms with van der Waals surface area (Å²) in [6.45, 7) is 0.688. The quantitative estimate of drug-likeness (QED) is 0.847. The molecule has 0 unspecified atom stereocenters. The first-order valence-corrected chi connectivity index (χ1v) is 6.65. The van der Waals surface area contributed by atoms with E-state index in [1.54, 1.807) is 0 Å². The molecule has 0 aliphatic heterocycles. The monoisotopic (exact) mass is 249 g/mol. The minimum atomic E-state index is -0.518. The Morgan fingerprint density at radius 1 is 1.44 bits per heavy atom. The third-order valence-corrected chi connectivity index (χ3v) is 3.95. The first kappa shape index (κ1) is 13.3. The summed E-state index contributed by atoms with van der Waals surface area (Å²) in [5.74, 6) is 1.02. The van der Waals surface area contributed by atoms with E-state index >= 15 is 0 Å². The van der Waals surface area contributed by atoms with Gasteiger partial charge in [-0.25, -0.2) is 4.98 Å². The summed E-state index contributed by atoms with van der Waals surface area (Å²) in [5.41, 5.74) is -0.518. The van der Waals surface area contributed by atoms with Gasteiger partial charge in [-0.1, -0.05) is 6.07 Å². The van der Waals surface area contributed by atoms with E-state index < -0.39 is 5.60 Å². The van der Waals surface area contributed by atoms with E-state index in [-0.39, 0.29) is 0 Å². The van der Waals surface area contributed by atoms with Crippen LogP contribution in [0.4, 0.5) is 5.82 Å². The Balaban J connectivity index is 1.94. The van der Waals surface area contributed by atoms with Crippen molar-refractivity contribution in [1.82, 2.24) is 10.3 Å². The normalized spacial score (nSPS) is 28.1. The van der Waals surface area contributed by atoms with Crippen molar-refractivity contribution < 1.29 is 5.11 Å². The van der Waals surface area contributed by atoms with Crippen LogP contribution in [0.1, 0.15) is 25.7 Å². The summed E-state index contributed by atoms with van der Waals surface area (Å²) in [7, 11) is 3.99. The lowest BCUT2D eigenvalue weighted by Crippen LogP contribution is -2.47. The van der Waals surface area contributed by atoms with Gasteiger partial charge in [0.15, 0.2) is 0 Å². The molecule has 0 aromatic carbocycles. The maximum atomic E-state index is 10.3. The van der Waals surface area contributed by atoms with Gasteiger partial charge in [0.1, 0.15) is 5.82 Å². The predicted octanol–water partition coefficient (Wildman–Crippen LogP) is 1.41. The minimum absolute atomic E-state index is 0.483. The maximum Gasteiger partial charge on any atom is 0.128 e. The number of aliphatic hydroxyl groups is 1. The highest BCUT2D eigenvalue weighted by Crippen LogP contribution is 2.31. The first-order chi connectivity index (χ1) is 8.64. The van der Waals surface area contributed by atoms with E-state index in [0.29, 0.717) is 12.6 Å². The molecule has 1 aromatic heterocycles. The summed E-state index contributed by atoms with van der Waals surface area (Å²) in [5, 5.41) is 13.4. The highest BCUT2D eigenvalue weighted by atomic mass is 16.3. The fraction of sp³-hybridized carbons (Fsp3) is 0.643. The van der Waals surface area contributed by atoms with Gasteiger partial charge in [0.2, 0.25) is 0 Å². The molecule has 0 amide bonds. The molecule has 100 valence electrons. The van der Waals surface area contributed by atoms with Crippen molar-refractivity contribution in [1.29, 1.82) is 0 Å². The largest absolute Gasteiger partial charge is 0.389 e. The molecular formula is C14H23N3O. The number of rotatable bonds is 4. The van der Waals surface area contributed by atoms with E-state index in [1.165, 1.54) is 0 Å². The molecule has 0 radical (unpaired) electrons. The van der Waals surface area contributed by atoms with E-state index in [1.807, 2.05) is 31.4 Å². The number of anilines is 1.